The van der Waals surface area contributed by atoms with Crippen molar-refractivity contribution in [2.24, 2.45) is 5.92 Å². The number of amides is 2. The van der Waals surface area contributed by atoms with Crippen molar-refractivity contribution in [3.05, 3.63) is 24.3 Å². The van der Waals surface area contributed by atoms with Crippen molar-refractivity contribution in [3.63, 3.8) is 0 Å². The summed E-state index contributed by atoms with van der Waals surface area (Å²) in [6.07, 6.45) is 2.51. The molecule has 3 fully saturated rings. The van der Waals surface area contributed by atoms with Crippen LogP contribution in [0.25, 0.3) is 0 Å². The van der Waals surface area contributed by atoms with Gasteiger partial charge in [-0.1, -0.05) is 0 Å². The summed E-state index contributed by atoms with van der Waals surface area (Å²) in [6, 6.07) is 8.30. The second kappa shape index (κ2) is 6.43. The van der Waals surface area contributed by atoms with Gasteiger partial charge in [-0.25, -0.2) is 0 Å². The van der Waals surface area contributed by atoms with Gasteiger partial charge in [0.05, 0.1) is 19.1 Å². The van der Waals surface area contributed by atoms with E-state index >= 15 is 0 Å². The molecule has 1 aliphatic carbocycles. The zero-order valence-electron chi connectivity index (χ0n) is 13.7. The van der Waals surface area contributed by atoms with Crippen LogP contribution in [0.5, 0.6) is 0 Å². The highest BCUT2D eigenvalue weighted by molar-refractivity contribution is 5.97. The molecule has 1 aromatic carbocycles. The third-order valence-corrected chi connectivity index (χ3v) is 5.03. The number of morpholine rings is 1. The SMILES string of the molecule is O=C(Nc1ccc(N2CCOCC2)cc1)[C@@H]1CC(=O)N(C2CC2)C1. The zero-order chi connectivity index (χ0) is 16.5. The quantitative estimate of drug-likeness (QED) is 0.909. The lowest BCUT2D eigenvalue weighted by Gasteiger charge is -2.28. The highest BCUT2D eigenvalue weighted by atomic mass is 16.5. The molecule has 1 saturated carbocycles. The van der Waals surface area contributed by atoms with Gasteiger partial charge in [0.2, 0.25) is 11.8 Å². The molecule has 2 saturated heterocycles. The molecule has 1 N–H and O–H groups in total. The van der Waals surface area contributed by atoms with Gasteiger partial charge < -0.3 is 19.9 Å². The van der Waals surface area contributed by atoms with Gasteiger partial charge >= 0.3 is 0 Å². The Labute approximate surface area is 141 Å². The van der Waals surface area contributed by atoms with Crippen LogP contribution < -0.4 is 10.2 Å². The molecule has 2 heterocycles. The molecule has 6 heteroatoms. The predicted octanol–water partition coefficient (Wildman–Crippen LogP) is 1.47. The van der Waals surface area contributed by atoms with E-state index in [4.69, 9.17) is 4.74 Å². The van der Waals surface area contributed by atoms with E-state index in [-0.39, 0.29) is 17.7 Å². The second-order valence-electron chi connectivity index (χ2n) is 6.81. The molecule has 0 aromatic heterocycles. The maximum atomic E-state index is 12.4. The number of carbonyl (C=O) groups is 2. The second-order valence-corrected chi connectivity index (χ2v) is 6.81. The molecule has 0 radical (unpaired) electrons. The summed E-state index contributed by atoms with van der Waals surface area (Å²) in [5, 5.41) is 2.95. The molecule has 128 valence electrons. The summed E-state index contributed by atoms with van der Waals surface area (Å²) in [5.74, 6) is -0.150. The van der Waals surface area contributed by atoms with E-state index in [1.165, 1.54) is 0 Å². The number of carbonyl (C=O) groups excluding carboxylic acids is 2. The van der Waals surface area contributed by atoms with Crippen molar-refractivity contribution in [2.45, 2.75) is 25.3 Å². The summed E-state index contributed by atoms with van der Waals surface area (Å²) in [7, 11) is 0. The molecule has 4 rings (SSSR count). The lowest BCUT2D eigenvalue weighted by molar-refractivity contribution is -0.128. The molecule has 2 amide bonds. The van der Waals surface area contributed by atoms with Crippen molar-refractivity contribution < 1.29 is 14.3 Å². The minimum atomic E-state index is -0.225. The first kappa shape index (κ1) is 15.4. The molecule has 0 unspecified atom stereocenters. The van der Waals surface area contributed by atoms with Crippen LogP contribution in [0.3, 0.4) is 0 Å². The molecule has 1 atom stereocenters. The molecule has 2 aliphatic heterocycles. The number of nitrogens with zero attached hydrogens (tertiary/aromatic N) is 2. The third-order valence-electron chi connectivity index (χ3n) is 5.03. The zero-order valence-corrected chi connectivity index (χ0v) is 13.7. The number of anilines is 2. The smallest absolute Gasteiger partial charge is 0.229 e. The van der Waals surface area contributed by atoms with Crippen LogP contribution in [0.15, 0.2) is 24.3 Å². The average molecular weight is 329 g/mol. The minimum Gasteiger partial charge on any atom is -0.378 e. The van der Waals surface area contributed by atoms with E-state index in [9.17, 15) is 9.59 Å². The Bertz CT molecular complexity index is 621. The van der Waals surface area contributed by atoms with Gasteiger partial charge in [0.25, 0.3) is 0 Å². The van der Waals surface area contributed by atoms with Gasteiger partial charge in [-0.05, 0) is 37.1 Å². The van der Waals surface area contributed by atoms with Crippen LogP contribution in [0, 0.1) is 5.92 Å². The molecule has 24 heavy (non-hydrogen) atoms. The summed E-state index contributed by atoms with van der Waals surface area (Å²) in [5.41, 5.74) is 1.93. The van der Waals surface area contributed by atoms with Crippen LogP contribution in [-0.4, -0.2) is 55.6 Å². The number of rotatable bonds is 4. The third kappa shape index (κ3) is 3.24. The minimum absolute atomic E-state index is 0.0503. The normalized spacial score (nSPS) is 24.3. The Balaban J connectivity index is 1.34. The summed E-state index contributed by atoms with van der Waals surface area (Å²) in [6.45, 7) is 3.87. The predicted molar refractivity (Wildman–Crippen MR) is 90.9 cm³/mol. The van der Waals surface area contributed by atoms with E-state index in [0.717, 1.165) is 50.5 Å². The molecule has 3 aliphatic rings. The highest BCUT2D eigenvalue weighted by Crippen LogP contribution is 2.33. The fourth-order valence-corrected chi connectivity index (χ4v) is 3.47. The largest absolute Gasteiger partial charge is 0.378 e. The van der Waals surface area contributed by atoms with Gasteiger partial charge in [-0.3, -0.25) is 9.59 Å². The van der Waals surface area contributed by atoms with Crippen LogP contribution >= 0.6 is 0 Å². The van der Waals surface area contributed by atoms with Gasteiger partial charge in [-0.15, -0.1) is 0 Å². The Morgan fingerprint density at radius 2 is 1.83 bits per heavy atom. The average Bonchev–Trinajstić information content (AvgIpc) is 3.38. The number of ether oxygens (including phenoxy) is 1. The van der Waals surface area contributed by atoms with Gasteiger partial charge in [-0.2, -0.15) is 0 Å². The number of benzene rings is 1. The van der Waals surface area contributed by atoms with Crippen LogP contribution in [0.1, 0.15) is 19.3 Å². The maximum absolute atomic E-state index is 12.4. The first-order chi connectivity index (χ1) is 11.7. The number of likely N-dealkylation sites (tertiary alicyclic amines) is 1. The van der Waals surface area contributed by atoms with Crippen molar-refractivity contribution in [1.29, 1.82) is 0 Å². The topological polar surface area (TPSA) is 61.9 Å². The van der Waals surface area contributed by atoms with E-state index in [1.807, 2.05) is 29.2 Å². The maximum Gasteiger partial charge on any atom is 0.229 e. The van der Waals surface area contributed by atoms with Crippen molar-refractivity contribution in [3.8, 4) is 0 Å². The van der Waals surface area contributed by atoms with Gasteiger partial charge in [0, 0.05) is 43.5 Å². The number of nitrogens with one attached hydrogen (secondary N) is 1. The number of hydrogen-bond acceptors (Lipinski definition) is 4. The monoisotopic (exact) mass is 329 g/mol. The molecular weight excluding hydrogens is 306 g/mol. The standard InChI is InChI=1S/C18H23N3O3/c22-17-11-13(12-21(17)16-5-6-16)18(23)19-14-1-3-15(4-2-14)20-7-9-24-10-8-20/h1-4,13,16H,5-12H2,(H,19,23)/t13-/m1/s1. The van der Waals surface area contributed by atoms with E-state index < -0.39 is 0 Å². The van der Waals surface area contributed by atoms with E-state index in [0.29, 0.717) is 19.0 Å². The summed E-state index contributed by atoms with van der Waals surface area (Å²) < 4.78 is 5.36. The molecule has 1 aromatic rings. The lowest BCUT2D eigenvalue weighted by atomic mass is 10.1. The molecule has 0 bridgehead atoms. The summed E-state index contributed by atoms with van der Waals surface area (Å²) >= 11 is 0. The fourth-order valence-electron chi connectivity index (χ4n) is 3.47. The Morgan fingerprint density at radius 3 is 2.50 bits per heavy atom. The van der Waals surface area contributed by atoms with Crippen molar-refractivity contribution in [2.75, 3.05) is 43.1 Å². The first-order valence-electron chi connectivity index (χ1n) is 8.74. The molecule has 0 spiro atoms. The summed E-state index contributed by atoms with van der Waals surface area (Å²) in [4.78, 5) is 28.5. The molecule has 6 nitrogen and oxygen atoms in total. The van der Waals surface area contributed by atoms with Crippen LogP contribution in [0.2, 0.25) is 0 Å². The molecular formula is C18H23N3O3. The van der Waals surface area contributed by atoms with Crippen LogP contribution in [-0.2, 0) is 14.3 Å². The first-order valence-corrected chi connectivity index (χ1v) is 8.74. The van der Waals surface area contributed by atoms with Gasteiger partial charge in [0.15, 0.2) is 0 Å². The van der Waals surface area contributed by atoms with Crippen molar-refractivity contribution in [1.82, 2.24) is 4.90 Å². The highest BCUT2D eigenvalue weighted by Gasteiger charge is 2.41. The number of hydrogen-bond donors (Lipinski definition) is 1. The Hall–Kier alpha value is -2.08. The Kier molecular flexibility index (Phi) is 4.14. The Morgan fingerprint density at radius 1 is 1.12 bits per heavy atom. The fraction of sp³-hybridized carbons (Fsp3) is 0.556. The van der Waals surface area contributed by atoms with E-state index in [1.54, 1.807) is 0 Å². The van der Waals surface area contributed by atoms with Gasteiger partial charge in [0.1, 0.15) is 0 Å². The lowest BCUT2D eigenvalue weighted by Crippen LogP contribution is -2.36. The van der Waals surface area contributed by atoms with Crippen LogP contribution in [0.4, 0.5) is 11.4 Å². The van der Waals surface area contributed by atoms with E-state index in [2.05, 4.69) is 10.2 Å². The van der Waals surface area contributed by atoms with Crippen molar-refractivity contribution >= 4 is 23.2 Å².